The summed E-state index contributed by atoms with van der Waals surface area (Å²) in [5.41, 5.74) is 0.339. The molecular formula is C13H14FN3O. The van der Waals surface area contributed by atoms with E-state index < -0.39 is 0 Å². The molecule has 3 rings (SSSR count). The second-order valence-electron chi connectivity index (χ2n) is 4.51. The van der Waals surface area contributed by atoms with Gasteiger partial charge >= 0.3 is 0 Å². The maximum absolute atomic E-state index is 13.7. The predicted molar refractivity (Wildman–Crippen MR) is 66.9 cm³/mol. The minimum Gasteiger partial charge on any atom is -0.394 e. The number of hydrogen-bond donors (Lipinski definition) is 1. The van der Waals surface area contributed by atoms with Gasteiger partial charge in [0.15, 0.2) is 0 Å². The van der Waals surface area contributed by atoms with Crippen LogP contribution < -0.4 is 4.90 Å². The van der Waals surface area contributed by atoms with Gasteiger partial charge in [0.2, 0.25) is 0 Å². The minimum absolute atomic E-state index is 0.0753. The first-order valence-electron chi connectivity index (χ1n) is 6.08. The van der Waals surface area contributed by atoms with Crippen molar-refractivity contribution >= 4 is 16.7 Å². The van der Waals surface area contributed by atoms with Gasteiger partial charge in [-0.1, -0.05) is 6.07 Å². The molecule has 0 saturated carbocycles. The SMILES string of the molecule is OC[C@H]1CCCN1c1ncnc2c(F)cccc12. The lowest BCUT2D eigenvalue weighted by atomic mass is 10.2. The molecule has 1 N–H and O–H groups in total. The van der Waals surface area contributed by atoms with E-state index in [2.05, 4.69) is 9.97 Å². The molecule has 0 amide bonds. The third-order valence-corrected chi connectivity index (χ3v) is 3.45. The fraction of sp³-hybridized carbons (Fsp3) is 0.385. The molecule has 1 aliphatic rings. The van der Waals surface area contributed by atoms with Gasteiger partial charge < -0.3 is 10.0 Å². The molecule has 94 valence electrons. The summed E-state index contributed by atoms with van der Waals surface area (Å²) >= 11 is 0. The average molecular weight is 247 g/mol. The minimum atomic E-state index is -0.337. The summed E-state index contributed by atoms with van der Waals surface area (Å²) in [4.78, 5) is 10.3. The Balaban J connectivity index is 2.14. The summed E-state index contributed by atoms with van der Waals surface area (Å²) in [6, 6.07) is 4.95. The van der Waals surface area contributed by atoms with E-state index in [9.17, 15) is 9.50 Å². The largest absolute Gasteiger partial charge is 0.394 e. The molecule has 0 radical (unpaired) electrons. The second kappa shape index (κ2) is 4.49. The first kappa shape index (κ1) is 11.3. The molecule has 1 aromatic heterocycles. The Bertz CT molecular complexity index is 575. The molecule has 18 heavy (non-hydrogen) atoms. The van der Waals surface area contributed by atoms with Gasteiger partial charge in [-0.25, -0.2) is 14.4 Å². The maximum atomic E-state index is 13.7. The zero-order valence-electron chi connectivity index (χ0n) is 9.88. The van der Waals surface area contributed by atoms with Crippen molar-refractivity contribution in [3.63, 3.8) is 0 Å². The van der Waals surface area contributed by atoms with Crippen LogP contribution in [0.2, 0.25) is 0 Å². The van der Waals surface area contributed by atoms with E-state index >= 15 is 0 Å². The molecule has 0 aliphatic carbocycles. The highest BCUT2D eigenvalue weighted by atomic mass is 19.1. The van der Waals surface area contributed by atoms with Crippen molar-refractivity contribution in [3.05, 3.63) is 30.3 Å². The molecule has 0 bridgehead atoms. The Morgan fingerprint density at radius 2 is 2.28 bits per heavy atom. The van der Waals surface area contributed by atoms with Gasteiger partial charge in [-0.05, 0) is 25.0 Å². The molecule has 0 spiro atoms. The maximum Gasteiger partial charge on any atom is 0.149 e. The number of aliphatic hydroxyl groups excluding tert-OH is 1. The molecular weight excluding hydrogens is 233 g/mol. The van der Waals surface area contributed by atoms with Gasteiger partial charge in [0.25, 0.3) is 0 Å². The van der Waals surface area contributed by atoms with Crippen LogP contribution in [-0.2, 0) is 0 Å². The van der Waals surface area contributed by atoms with Gasteiger partial charge in [0.05, 0.1) is 12.6 Å². The highest BCUT2D eigenvalue weighted by molar-refractivity contribution is 5.89. The van der Waals surface area contributed by atoms with Crippen molar-refractivity contribution in [2.24, 2.45) is 0 Å². The number of anilines is 1. The second-order valence-corrected chi connectivity index (χ2v) is 4.51. The van der Waals surface area contributed by atoms with Crippen LogP contribution in [0.4, 0.5) is 10.2 Å². The Labute approximate surface area is 104 Å². The highest BCUT2D eigenvalue weighted by Gasteiger charge is 2.26. The smallest absolute Gasteiger partial charge is 0.149 e. The van der Waals surface area contributed by atoms with Crippen LogP contribution in [0.1, 0.15) is 12.8 Å². The van der Waals surface area contributed by atoms with E-state index in [0.29, 0.717) is 10.9 Å². The summed E-state index contributed by atoms with van der Waals surface area (Å²) in [6.45, 7) is 0.939. The van der Waals surface area contributed by atoms with Crippen LogP contribution >= 0.6 is 0 Å². The van der Waals surface area contributed by atoms with Crippen LogP contribution in [0, 0.1) is 5.82 Å². The van der Waals surface area contributed by atoms with Gasteiger partial charge in [-0.3, -0.25) is 0 Å². The van der Waals surface area contributed by atoms with E-state index in [1.54, 1.807) is 6.07 Å². The Morgan fingerprint density at radius 3 is 3.11 bits per heavy atom. The van der Waals surface area contributed by atoms with Crippen molar-refractivity contribution in [2.75, 3.05) is 18.1 Å². The molecule has 4 nitrogen and oxygen atoms in total. The van der Waals surface area contributed by atoms with E-state index in [1.807, 2.05) is 11.0 Å². The summed E-state index contributed by atoms with van der Waals surface area (Å²) in [6.07, 6.45) is 3.34. The highest BCUT2D eigenvalue weighted by Crippen LogP contribution is 2.29. The van der Waals surface area contributed by atoms with Crippen LogP contribution in [0.3, 0.4) is 0 Å². The molecule has 5 heteroatoms. The zero-order chi connectivity index (χ0) is 12.5. The molecule has 1 atom stereocenters. The third kappa shape index (κ3) is 1.71. The molecule has 1 saturated heterocycles. The Hall–Kier alpha value is -1.75. The van der Waals surface area contributed by atoms with Crippen LogP contribution in [0.5, 0.6) is 0 Å². The van der Waals surface area contributed by atoms with Crippen molar-refractivity contribution < 1.29 is 9.50 Å². The lowest BCUT2D eigenvalue weighted by molar-refractivity contribution is 0.266. The van der Waals surface area contributed by atoms with Crippen LogP contribution in [0.25, 0.3) is 10.9 Å². The summed E-state index contributed by atoms with van der Waals surface area (Å²) in [5.74, 6) is 0.381. The van der Waals surface area contributed by atoms with Crippen LogP contribution in [-0.4, -0.2) is 34.3 Å². The molecule has 2 aromatic rings. The number of fused-ring (bicyclic) bond motifs is 1. The van der Waals surface area contributed by atoms with Crippen molar-refractivity contribution in [2.45, 2.75) is 18.9 Å². The first-order chi connectivity index (χ1) is 8.81. The molecule has 1 aliphatic heterocycles. The number of aliphatic hydroxyl groups is 1. The predicted octanol–water partition coefficient (Wildman–Crippen LogP) is 1.73. The van der Waals surface area contributed by atoms with Crippen molar-refractivity contribution in [1.82, 2.24) is 9.97 Å². The topological polar surface area (TPSA) is 49.2 Å². The van der Waals surface area contributed by atoms with Crippen LogP contribution in [0.15, 0.2) is 24.5 Å². The molecule has 1 aromatic carbocycles. The van der Waals surface area contributed by atoms with Gasteiger partial charge in [0.1, 0.15) is 23.5 Å². The molecule has 1 fully saturated rings. The molecule has 2 heterocycles. The monoisotopic (exact) mass is 247 g/mol. The number of para-hydroxylation sites is 1. The van der Waals surface area contributed by atoms with Gasteiger partial charge in [-0.2, -0.15) is 0 Å². The lowest BCUT2D eigenvalue weighted by Crippen LogP contribution is -2.32. The van der Waals surface area contributed by atoms with Crippen molar-refractivity contribution in [3.8, 4) is 0 Å². The Morgan fingerprint density at radius 1 is 1.39 bits per heavy atom. The Kier molecular flexibility index (Phi) is 2.83. The number of halogens is 1. The molecule has 0 unspecified atom stereocenters. The number of benzene rings is 1. The van der Waals surface area contributed by atoms with E-state index in [-0.39, 0.29) is 18.5 Å². The van der Waals surface area contributed by atoms with Gasteiger partial charge in [-0.15, -0.1) is 0 Å². The van der Waals surface area contributed by atoms with Crippen molar-refractivity contribution in [1.29, 1.82) is 0 Å². The van der Waals surface area contributed by atoms with E-state index in [4.69, 9.17) is 0 Å². The summed E-state index contributed by atoms with van der Waals surface area (Å²) in [5, 5.41) is 10.1. The fourth-order valence-corrected chi connectivity index (χ4v) is 2.57. The van der Waals surface area contributed by atoms with Gasteiger partial charge in [0, 0.05) is 11.9 Å². The fourth-order valence-electron chi connectivity index (χ4n) is 2.57. The first-order valence-corrected chi connectivity index (χ1v) is 6.08. The average Bonchev–Trinajstić information content (AvgIpc) is 2.87. The summed E-state index contributed by atoms with van der Waals surface area (Å²) < 4.78 is 13.7. The van der Waals surface area contributed by atoms with E-state index in [0.717, 1.165) is 25.2 Å². The quantitative estimate of drug-likeness (QED) is 0.878. The standard InChI is InChI=1S/C13H14FN3O/c14-11-5-1-4-10-12(11)15-8-16-13(10)17-6-2-3-9(17)7-18/h1,4-5,8-9,18H,2-3,6-7H2/t9-/m1/s1. The number of hydrogen-bond acceptors (Lipinski definition) is 4. The summed E-state index contributed by atoms with van der Waals surface area (Å²) in [7, 11) is 0. The number of rotatable bonds is 2. The zero-order valence-corrected chi connectivity index (χ0v) is 9.88. The lowest BCUT2D eigenvalue weighted by Gasteiger charge is -2.25. The number of nitrogens with zero attached hydrogens (tertiary/aromatic N) is 3. The number of aromatic nitrogens is 2. The van der Waals surface area contributed by atoms with E-state index in [1.165, 1.54) is 12.4 Å². The normalized spacial score (nSPS) is 19.7. The third-order valence-electron chi connectivity index (χ3n) is 3.45.